The molecular formula is C14H26N2O2. The van der Waals surface area contributed by atoms with Gasteiger partial charge in [0, 0.05) is 5.54 Å². The van der Waals surface area contributed by atoms with Gasteiger partial charge in [-0.05, 0) is 65.0 Å². The second-order valence-corrected chi connectivity index (χ2v) is 6.95. The van der Waals surface area contributed by atoms with E-state index in [4.69, 9.17) is 4.74 Å². The molecular weight excluding hydrogens is 228 g/mol. The minimum absolute atomic E-state index is 0.000972. The third-order valence-corrected chi connectivity index (χ3v) is 4.02. The van der Waals surface area contributed by atoms with Gasteiger partial charge in [-0.2, -0.15) is 0 Å². The summed E-state index contributed by atoms with van der Waals surface area (Å²) in [5.74, 6) is 1.27. The lowest BCUT2D eigenvalue weighted by molar-refractivity contribution is 0.0483. The average Bonchev–Trinajstić information content (AvgIpc) is 2.59. The molecule has 3 atom stereocenters. The third-order valence-electron chi connectivity index (χ3n) is 4.02. The van der Waals surface area contributed by atoms with E-state index in [1.54, 1.807) is 0 Å². The average molecular weight is 254 g/mol. The highest BCUT2D eigenvalue weighted by Gasteiger charge is 2.53. The summed E-state index contributed by atoms with van der Waals surface area (Å²) in [5.41, 5.74) is -0.419. The van der Waals surface area contributed by atoms with Crippen molar-refractivity contribution in [1.82, 2.24) is 10.6 Å². The van der Waals surface area contributed by atoms with Crippen LogP contribution in [-0.2, 0) is 4.74 Å². The van der Waals surface area contributed by atoms with Crippen LogP contribution in [0.5, 0.6) is 0 Å². The molecule has 4 nitrogen and oxygen atoms in total. The summed E-state index contributed by atoms with van der Waals surface area (Å²) in [7, 11) is 0. The second kappa shape index (κ2) is 4.72. The van der Waals surface area contributed by atoms with Gasteiger partial charge in [0.05, 0.1) is 0 Å². The molecule has 0 bridgehead atoms. The Balaban J connectivity index is 1.86. The van der Waals surface area contributed by atoms with Gasteiger partial charge in [-0.15, -0.1) is 0 Å². The second-order valence-electron chi connectivity index (χ2n) is 6.95. The summed E-state index contributed by atoms with van der Waals surface area (Å²) < 4.78 is 5.36. The van der Waals surface area contributed by atoms with Gasteiger partial charge in [0.15, 0.2) is 0 Å². The lowest BCUT2D eigenvalue weighted by atomic mass is 9.96. The first-order valence-corrected chi connectivity index (χ1v) is 7.03. The van der Waals surface area contributed by atoms with Crippen LogP contribution in [0.25, 0.3) is 0 Å². The number of alkyl carbamates (subject to hydrolysis) is 1. The quantitative estimate of drug-likeness (QED) is 0.812. The van der Waals surface area contributed by atoms with Crippen molar-refractivity contribution in [2.24, 2.45) is 11.8 Å². The molecule has 0 aromatic carbocycles. The molecule has 1 amide bonds. The van der Waals surface area contributed by atoms with E-state index in [1.165, 1.54) is 6.42 Å². The minimum atomic E-state index is -0.418. The molecule has 2 fully saturated rings. The summed E-state index contributed by atoms with van der Waals surface area (Å²) in [4.78, 5) is 11.9. The standard InChI is InChI=1S/C14H26N2O2/c1-10-7-14(10,8-11-5-6-15-9-11)16-12(17)18-13(2,3)4/h10-11,15H,5-9H2,1-4H3,(H,16,17). The number of amides is 1. The zero-order chi connectivity index (χ0) is 13.4. The van der Waals surface area contributed by atoms with Crippen molar-refractivity contribution in [3.05, 3.63) is 0 Å². The molecule has 3 unspecified atom stereocenters. The van der Waals surface area contributed by atoms with Gasteiger partial charge in [0.1, 0.15) is 5.60 Å². The molecule has 18 heavy (non-hydrogen) atoms. The Labute approximate surface area is 110 Å². The van der Waals surface area contributed by atoms with Gasteiger partial charge in [0.2, 0.25) is 0 Å². The predicted octanol–water partition coefficient (Wildman–Crippen LogP) is 2.29. The Kier molecular flexibility index (Phi) is 3.58. The van der Waals surface area contributed by atoms with Gasteiger partial charge in [-0.25, -0.2) is 4.79 Å². The number of nitrogens with one attached hydrogen (secondary N) is 2. The van der Waals surface area contributed by atoms with Crippen molar-refractivity contribution in [3.63, 3.8) is 0 Å². The first kappa shape index (κ1) is 13.7. The molecule has 0 aromatic rings. The highest BCUT2D eigenvalue weighted by molar-refractivity contribution is 5.69. The summed E-state index contributed by atoms with van der Waals surface area (Å²) in [5, 5.41) is 6.50. The van der Waals surface area contributed by atoms with Crippen molar-refractivity contribution in [1.29, 1.82) is 0 Å². The number of carbonyl (C=O) groups excluding carboxylic acids is 1. The topological polar surface area (TPSA) is 50.4 Å². The van der Waals surface area contributed by atoms with Crippen LogP contribution >= 0.6 is 0 Å². The largest absolute Gasteiger partial charge is 0.444 e. The molecule has 1 saturated carbocycles. The fraction of sp³-hybridized carbons (Fsp3) is 0.929. The van der Waals surface area contributed by atoms with E-state index in [9.17, 15) is 4.79 Å². The molecule has 2 N–H and O–H groups in total. The van der Waals surface area contributed by atoms with Crippen LogP contribution in [0.4, 0.5) is 4.79 Å². The van der Waals surface area contributed by atoms with Gasteiger partial charge in [0.25, 0.3) is 0 Å². The normalized spacial score (nSPS) is 35.3. The van der Waals surface area contributed by atoms with Gasteiger partial charge in [-0.3, -0.25) is 0 Å². The van der Waals surface area contributed by atoms with Crippen LogP contribution < -0.4 is 10.6 Å². The van der Waals surface area contributed by atoms with E-state index in [-0.39, 0.29) is 11.6 Å². The maximum absolute atomic E-state index is 11.9. The Bertz CT molecular complexity index is 318. The molecule has 0 radical (unpaired) electrons. The molecule has 0 spiro atoms. The van der Waals surface area contributed by atoms with Crippen molar-refractivity contribution < 1.29 is 9.53 Å². The van der Waals surface area contributed by atoms with E-state index >= 15 is 0 Å². The summed E-state index contributed by atoms with van der Waals surface area (Å²) in [6.07, 6.45) is 3.13. The zero-order valence-electron chi connectivity index (χ0n) is 12.0. The molecule has 2 rings (SSSR count). The Morgan fingerprint density at radius 1 is 1.50 bits per heavy atom. The molecule has 1 aliphatic heterocycles. The van der Waals surface area contributed by atoms with E-state index in [2.05, 4.69) is 17.6 Å². The highest BCUT2D eigenvalue weighted by atomic mass is 16.6. The van der Waals surface area contributed by atoms with Crippen LogP contribution in [0.3, 0.4) is 0 Å². The molecule has 1 saturated heterocycles. The minimum Gasteiger partial charge on any atom is -0.444 e. The van der Waals surface area contributed by atoms with E-state index in [1.807, 2.05) is 20.8 Å². The van der Waals surface area contributed by atoms with Crippen LogP contribution in [-0.4, -0.2) is 30.3 Å². The first-order valence-electron chi connectivity index (χ1n) is 7.03. The lowest BCUT2D eigenvalue weighted by Gasteiger charge is -2.25. The van der Waals surface area contributed by atoms with E-state index < -0.39 is 5.60 Å². The fourth-order valence-electron chi connectivity index (χ4n) is 2.91. The first-order chi connectivity index (χ1) is 8.31. The smallest absolute Gasteiger partial charge is 0.408 e. The number of rotatable bonds is 3. The summed E-state index contributed by atoms with van der Waals surface area (Å²) >= 11 is 0. The highest BCUT2D eigenvalue weighted by Crippen LogP contribution is 2.48. The number of hydrogen-bond acceptors (Lipinski definition) is 3. The summed E-state index contributed by atoms with van der Waals surface area (Å²) in [6.45, 7) is 10.1. The number of ether oxygens (including phenoxy) is 1. The van der Waals surface area contributed by atoms with Gasteiger partial charge >= 0.3 is 6.09 Å². The maximum Gasteiger partial charge on any atom is 0.408 e. The molecule has 1 aliphatic carbocycles. The Hall–Kier alpha value is -0.770. The van der Waals surface area contributed by atoms with E-state index in [0.29, 0.717) is 11.8 Å². The van der Waals surface area contributed by atoms with Crippen molar-refractivity contribution in [2.45, 2.75) is 58.1 Å². The number of hydrogen-bond donors (Lipinski definition) is 2. The predicted molar refractivity (Wildman–Crippen MR) is 71.5 cm³/mol. The Morgan fingerprint density at radius 3 is 2.61 bits per heavy atom. The van der Waals surface area contributed by atoms with Crippen LogP contribution in [0.2, 0.25) is 0 Å². The number of carbonyl (C=O) groups is 1. The van der Waals surface area contributed by atoms with E-state index in [0.717, 1.165) is 25.9 Å². The zero-order valence-corrected chi connectivity index (χ0v) is 12.0. The van der Waals surface area contributed by atoms with Gasteiger partial charge < -0.3 is 15.4 Å². The molecule has 2 aliphatic rings. The summed E-state index contributed by atoms with van der Waals surface area (Å²) in [6, 6.07) is 0. The van der Waals surface area contributed by atoms with Gasteiger partial charge in [-0.1, -0.05) is 6.92 Å². The fourth-order valence-corrected chi connectivity index (χ4v) is 2.91. The maximum atomic E-state index is 11.9. The molecule has 1 heterocycles. The monoisotopic (exact) mass is 254 g/mol. The van der Waals surface area contributed by atoms with Crippen LogP contribution in [0.15, 0.2) is 0 Å². The SMILES string of the molecule is CC1CC1(CC1CCNC1)NC(=O)OC(C)(C)C. The van der Waals surface area contributed by atoms with Crippen LogP contribution in [0, 0.1) is 11.8 Å². The van der Waals surface area contributed by atoms with Crippen molar-refractivity contribution >= 4 is 6.09 Å². The third kappa shape index (κ3) is 3.37. The molecule has 0 aromatic heterocycles. The van der Waals surface area contributed by atoms with Crippen LogP contribution in [0.1, 0.15) is 47.0 Å². The van der Waals surface area contributed by atoms with Crippen molar-refractivity contribution in [3.8, 4) is 0 Å². The molecule has 4 heteroatoms. The lowest BCUT2D eigenvalue weighted by Crippen LogP contribution is -2.43. The Morgan fingerprint density at radius 2 is 2.17 bits per heavy atom. The van der Waals surface area contributed by atoms with Crippen molar-refractivity contribution in [2.75, 3.05) is 13.1 Å². The molecule has 104 valence electrons.